The van der Waals surface area contributed by atoms with Gasteiger partial charge >= 0.3 is 0 Å². The molecule has 0 amide bonds. The van der Waals surface area contributed by atoms with E-state index in [0.717, 1.165) is 16.3 Å². The molecule has 2 N–H and O–H groups in total. The van der Waals surface area contributed by atoms with E-state index in [1.165, 1.54) is 12.1 Å². The third-order valence-electron chi connectivity index (χ3n) is 2.15. The lowest BCUT2D eigenvalue weighted by molar-refractivity contribution is 0.304. The number of nitrogens with two attached hydrogens (primary N) is 1. The summed E-state index contributed by atoms with van der Waals surface area (Å²) in [4.78, 5) is 5.36. The molecule has 0 aliphatic heterocycles. The Hall–Kier alpha value is -1.46. The molecule has 3 nitrogen and oxygen atoms in total. The number of halogens is 1. The van der Waals surface area contributed by atoms with Crippen molar-refractivity contribution in [2.24, 2.45) is 5.73 Å². The van der Waals surface area contributed by atoms with Gasteiger partial charge in [0.2, 0.25) is 0 Å². The maximum atomic E-state index is 12.9. The summed E-state index contributed by atoms with van der Waals surface area (Å²) < 4.78 is 18.3. The summed E-state index contributed by atoms with van der Waals surface area (Å²) in [5, 5.41) is 0.873. The van der Waals surface area contributed by atoms with Crippen LogP contribution in [0, 0.1) is 5.82 Å². The van der Waals surface area contributed by atoms with Crippen molar-refractivity contribution in [3.8, 4) is 5.75 Å². The van der Waals surface area contributed by atoms with Crippen LogP contribution >= 0.6 is 11.3 Å². The second-order valence-corrected chi connectivity index (χ2v) is 4.70. The number of thiazole rings is 1. The summed E-state index contributed by atoms with van der Waals surface area (Å²) in [5.74, 6) is 0.214. The van der Waals surface area contributed by atoms with Crippen LogP contribution in [0.2, 0.25) is 0 Å². The Kier molecular flexibility index (Phi) is 4.06. The number of benzene rings is 1. The van der Waals surface area contributed by atoms with Gasteiger partial charge in [-0.3, -0.25) is 0 Å². The van der Waals surface area contributed by atoms with Gasteiger partial charge in [-0.15, -0.1) is 11.3 Å². The Morgan fingerprint density at radius 3 is 3.06 bits per heavy atom. The number of rotatable bonds is 5. The van der Waals surface area contributed by atoms with Crippen LogP contribution in [0.5, 0.6) is 5.75 Å². The van der Waals surface area contributed by atoms with Crippen molar-refractivity contribution in [1.82, 2.24) is 4.98 Å². The maximum Gasteiger partial charge on any atom is 0.140 e. The summed E-state index contributed by atoms with van der Waals surface area (Å²) in [5.41, 5.74) is 5.46. The third-order valence-corrected chi connectivity index (χ3v) is 3.18. The predicted molar refractivity (Wildman–Crippen MR) is 65.6 cm³/mol. The van der Waals surface area contributed by atoms with Gasteiger partial charge in [-0.2, -0.15) is 0 Å². The fourth-order valence-electron chi connectivity index (χ4n) is 1.37. The summed E-state index contributed by atoms with van der Waals surface area (Å²) in [6.07, 6.45) is 2.64. The highest BCUT2D eigenvalue weighted by molar-refractivity contribution is 7.11. The van der Waals surface area contributed by atoms with Gasteiger partial charge in [0.1, 0.15) is 23.2 Å². The van der Waals surface area contributed by atoms with Crippen LogP contribution in [0.3, 0.4) is 0 Å². The second-order valence-electron chi connectivity index (χ2n) is 3.51. The van der Waals surface area contributed by atoms with E-state index in [0.29, 0.717) is 18.9 Å². The van der Waals surface area contributed by atoms with Gasteiger partial charge in [0.25, 0.3) is 0 Å². The van der Waals surface area contributed by atoms with Crippen LogP contribution in [-0.2, 0) is 13.0 Å². The summed E-state index contributed by atoms with van der Waals surface area (Å²) in [6, 6.07) is 6.08. The molecule has 0 saturated heterocycles. The molecule has 1 aromatic carbocycles. The van der Waals surface area contributed by atoms with E-state index in [2.05, 4.69) is 4.98 Å². The molecule has 0 radical (unpaired) electrons. The third kappa shape index (κ3) is 3.51. The molecule has 2 aromatic rings. The quantitative estimate of drug-likeness (QED) is 0.888. The standard InChI is InChI=1S/C12H13FN2OS/c13-9-2-1-3-10(6-9)16-8-12-15-7-11(17-12)4-5-14/h1-3,6-7H,4-5,8,14H2. The van der Waals surface area contributed by atoms with E-state index in [1.54, 1.807) is 23.5 Å². The molecule has 17 heavy (non-hydrogen) atoms. The first kappa shape index (κ1) is 12.0. The normalized spacial score (nSPS) is 10.5. The molecule has 0 bridgehead atoms. The number of hydrogen-bond donors (Lipinski definition) is 1. The van der Waals surface area contributed by atoms with E-state index < -0.39 is 0 Å². The first-order chi connectivity index (χ1) is 8.28. The molecular weight excluding hydrogens is 239 g/mol. The van der Waals surface area contributed by atoms with Crippen molar-refractivity contribution < 1.29 is 9.13 Å². The highest BCUT2D eigenvalue weighted by atomic mass is 32.1. The van der Waals surface area contributed by atoms with E-state index >= 15 is 0 Å². The highest BCUT2D eigenvalue weighted by Crippen LogP contribution is 2.17. The van der Waals surface area contributed by atoms with Crippen LogP contribution in [0.4, 0.5) is 4.39 Å². The monoisotopic (exact) mass is 252 g/mol. The molecule has 0 aliphatic carbocycles. The molecule has 0 unspecified atom stereocenters. The van der Waals surface area contributed by atoms with Gasteiger partial charge in [-0.1, -0.05) is 6.07 Å². The fraction of sp³-hybridized carbons (Fsp3) is 0.250. The van der Waals surface area contributed by atoms with Gasteiger partial charge in [-0.05, 0) is 25.1 Å². The number of aromatic nitrogens is 1. The SMILES string of the molecule is NCCc1cnc(COc2cccc(F)c2)s1. The highest BCUT2D eigenvalue weighted by Gasteiger charge is 2.03. The van der Waals surface area contributed by atoms with Gasteiger partial charge in [0.05, 0.1) is 0 Å². The summed E-state index contributed by atoms with van der Waals surface area (Å²) >= 11 is 1.57. The van der Waals surface area contributed by atoms with Crippen molar-refractivity contribution in [2.45, 2.75) is 13.0 Å². The number of hydrogen-bond acceptors (Lipinski definition) is 4. The molecule has 0 atom stereocenters. The zero-order valence-electron chi connectivity index (χ0n) is 9.23. The largest absolute Gasteiger partial charge is 0.486 e. The van der Waals surface area contributed by atoms with Crippen molar-refractivity contribution >= 4 is 11.3 Å². The lowest BCUT2D eigenvalue weighted by atomic mass is 10.3. The maximum absolute atomic E-state index is 12.9. The minimum atomic E-state index is -0.301. The summed E-state index contributed by atoms with van der Waals surface area (Å²) in [6.45, 7) is 0.977. The Balaban J connectivity index is 1.93. The minimum absolute atomic E-state index is 0.301. The first-order valence-electron chi connectivity index (χ1n) is 5.30. The predicted octanol–water partition coefficient (Wildman–Crippen LogP) is 2.36. The van der Waals surface area contributed by atoms with Crippen molar-refractivity contribution in [1.29, 1.82) is 0 Å². The van der Waals surface area contributed by atoms with Crippen molar-refractivity contribution in [3.05, 3.63) is 46.2 Å². The average molecular weight is 252 g/mol. The van der Waals surface area contributed by atoms with E-state index in [4.69, 9.17) is 10.5 Å². The molecule has 1 heterocycles. The van der Waals surface area contributed by atoms with Crippen LogP contribution < -0.4 is 10.5 Å². The minimum Gasteiger partial charge on any atom is -0.486 e. The van der Waals surface area contributed by atoms with Crippen LogP contribution in [0.15, 0.2) is 30.5 Å². The van der Waals surface area contributed by atoms with Gasteiger partial charge in [-0.25, -0.2) is 9.37 Å². The van der Waals surface area contributed by atoms with E-state index in [9.17, 15) is 4.39 Å². The molecule has 0 aliphatic rings. The molecule has 5 heteroatoms. The Labute approximate surface area is 103 Å². The molecular formula is C12H13FN2OS. The Morgan fingerprint density at radius 1 is 1.41 bits per heavy atom. The van der Waals surface area contributed by atoms with Gasteiger partial charge in [0, 0.05) is 17.1 Å². The molecule has 1 aromatic heterocycles. The molecule has 0 fully saturated rings. The first-order valence-corrected chi connectivity index (χ1v) is 6.11. The van der Waals surface area contributed by atoms with Crippen molar-refractivity contribution in [2.75, 3.05) is 6.54 Å². The van der Waals surface area contributed by atoms with Crippen LogP contribution in [-0.4, -0.2) is 11.5 Å². The lowest BCUT2D eigenvalue weighted by Crippen LogP contribution is -2.00. The van der Waals surface area contributed by atoms with Crippen LogP contribution in [0.25, 0.3) is 0 Å². The number of nitrogens with zero attached hydrogens (tertiary/aromatic N) is 1. The van der Waals surface area contributed by atoms with Crippen LogP contribution in [0.1, 0.15) is 9.88 Å². The zero-order chi connectivity index (χ0) is 12.1. The van der Waals surface area contributed by atoms with Gasteiger partial charge < -0.3 is 10.5 Å². The molecule has 90 valence electrons. The van der Waals surface area contributed by atoms with Crippen molar-refractivity contribution in [3.63, 3.8) is 0 Å². The molecule has 0 saturated carbocycles. The topological polar surface area (TPSA) is 48.1 Å². The smallest absolute Gasteiger partial charge is 0.140 e. The van der Waals surface area contributed by atoms with Gasteiger partial charge in [0.15, 0.2) is 0 Å². The molecule has 2 rings (SSSR count). The van der Waals surface area contributed by atoms with E-state index in [-0.39, 0.29) is 5.82 Å². The molecule has 0 spiro atoms. The Morgan fingerprint density at radius 2 is 2.29 bits per heavy atom. The average Bonchev–Trinajstić information content (AvgIpc) is 2.75. The van der Waals surface area contributed by atoms with E-state index in [1.807, 2.05) is 6.20 Å². The summed E-state index contributed by atoms with van der Waals surface area (Å²) in [7, 11) is 0. The fourth-order valence-corrected chi connectivity index (χ4v) is 2.23. The Bertz CT molecular complexity index is 487. The number of ether oxygens (including phenoxy) is 1. The second kappa shape index (κ2) is 5.75. The zero-order valence-corrected chi connectivity index (χ0v) is 10.0. The lowest BCUT2D eigenvalue weighted by Gasteiger charge is -2.03.